The Bertz CT molecular complexity index is 411. The van der Waals surface area contributed by atoms with Gasteiger partial charge in [0, 0.05) is 5.92 Å². The van der Waals surface area contributed by atoms with Gasteiger partial charge in [0.15, 0.2) is 0 Å². The third kappa shape index (κ3) is 2.27. The Balaban J connectivity index is 3.04. The van der Waals surface area contributed by atoms with E-state index in [9.17, 15) is 0 Å². The topological polar surface area (TPSA) is 0 Å². The number of allylic oxidation sites excluding steroid dienone is 9. The largest absolute Gasteiger partial charge is 0.0991 e. The van der Waals surface area contributed by atoms with Crippen LogP contribution in [0.25, 0.3) is 0 Å². The summed E-state index contributed by atoms with van der Waals surface area (Å²) < 4.78 is 0. The van der Waals surface area contributed by atoms with Crippen molar-refractivity contribution >= 4 is 0 Å². The first-order valence-corrected chi connectivity index (χ1v) is 5.85. The fourth-order valence-electron chi connectivity index (χ4n) is 2.37. The second-order valence-electron chi connectivity index (χ2n) is 4.54. The molecule has 86 valence electrons. The first kappa shape index (κ1) is 12.8. The first-order chi connectivity index (χ1) is 7.50. The molecule has 16 heavy (non-hydrogen) atoms. The Kier molecular flexibility index (Phi) is 4.12. The molecule has 0 heterocycles. The van der Waals surface area contributed by atoms with E-state index in [1.165, 1.54) is 27.9 Å². The Morgan fingerprint density at radius 3 is 2.19 bits per heavy atom. The third-order valence-electron chi connectivity index (χ3n) is 3.66. The van der Waals surface area contributed by atoms with Crippen molar-refractivity contribution in [1.29, 1.82) is 0 Å². The van der Waals surface area contributed by atoms with Gasteiger partial charge in [-0.15, -0.1) is 0 Å². The molecule has 0 nitrogen and oxygen atoms in total. The van der Waals surface area contributed by atoms with Gasteiger partial charge in [-0.2, -0.15) is 0 Å². The Labute approximate surface area is 99.8 Å². The van der Waals surface area contributed by atoms with Gasteiger partial charge in [0.25, 0.3) is 0 Å². The number of rotatable bonds is 3. The fourth-order valence-corrected chi connectivity index (χ4v) is 2.37. The molecule has 0 amide bonds. The highest BCUT2D eigenvalue weighted by molar-refractivity contribution is 5.54. The lowest BCUT2D eigenvalue weighted by atomic mass is 9.92. The summed E-state index contributed by atoms with van der Waals surface area (Å²) in [4.78, 5) is 0. The molecule has 0 radical (unpaired) electrons. The molecule has 0 saturated carbocycles. The van der Waals surface area contributed by atoms with E-state index in [0.29, 0.717) is 5.92 Å². The van der Waals surface area contributed by atoms with Crippen molar-refractivity contribution in [3.05, 3.63) is 58.7 Å². The van der Waals surface area contributed by atoms with Crippen molar-refractivity contribution < 1.29 is 0 Å². The Hall–Kier alpha value is -1.30. The van der Waals surface area contributed by atoms with Crippen molar-refractivity contribution in [2.45, 2.75) is 34.6 Å². The normalized spacial score (nSPS) is 22.6. The van der Waals surface area contributed by atoms with Crippen molar-refractivity contribution in [3.63, 3.8) is 0 Å². The lowest BCUT2D eigenvalue weighted by molar-refractivity contribution is 0.822. The summed E-state index contributed by atoms with van der Waals surface area (Å²) in [7, 11) is 0. The maximum absolute atomic E-state index is 3.67. The highest BCUT2D eigenvalue weighted by Gasteiger charge is 2.23. The quantitative estimate of drug-likeness (QED) is 0.581. The average Bonchev–Trinajstić information content (AvgIpc) is 2.44. The molecule has 0 heteroatoms. The van der Waals surface area contributed by atoms with Crippen molar-refractivity contribution in [1.82, 2.24) is 0 Å². The van der Waals surface area contributed by atoms with Crippen LogP contribution < -0.4 is 0 Å². The van der Waals surface area contributed by atoms with Gasteiger partial charge in [0.05, 0.1) is 0 Å². The molecule has 1 rings (SSSR count). The predicted octanol–water partition coefficient (Wildman–Crippen LogP) is 4.98. The maximum atomic E-state index is 3.67. The highest BCUT2D eigenvalue weighted by atomic mass is 14.3. The molecule has 0 aromatic rings. The molecule has 1 aliphatic rings. The van der Waals surface area contributed by atoms with E-state index in [2.05, 4.69) is 53.3 Å². The molecule has 0 spiro atoms. The standard InChI is InChI=1S/C16H22/c1-7-8-9-10-11(2)16-14(5)12(3)13(4)15(16)6/h7-10,14H,1H2,2-6H3/b9-8-,11-10+. The highest BCUT2D eigenvalue weighted by Crippen LogP contribution is 2.39. The molecular weight excluding hydrogens is 192 g/mol. The van der Waals surface area contributed by atoms with Gasteiger partial charge >= 0.3 is 0 Å². The van der Waals surface area contributed by atoms with Crippen LogP contribution in [-0.2, 0) is 0 Å². The third-order valence-corrected chi connectivity index (χ3v) is 3.66. The van der Waals surface area contributed by atoms with Crippen molar-refractivity contribution in [3.8, 4) is 0 Å². The molecule has 1 atom stereocenters. The summed E-state index contributed by atoms with van der Waals surface area (Å²) in [6.07, 6.45) is 7.99. The van der Waals surface area contributed by atoms with Crippen LogP contribution in [0.15, 0.2) is 58.7 Å². The summed E-state index contributed by atoms with van der Waals surface area (Å²) in [5.74, 6) is 0.563. The van der Waals surface area contributed by atoms with Crippen LogP contribution in [0.1, 0.15) is 34.6 Å². The van der Waals surface area contributed by atoms with Crippen LogP contribution in [0.4, 0.5) is 0 Å². The number of hydrogen-bond acceptors (Lipinski definition) is 0. The minimum atomic E-state index is 0.563. The van der Waals surface area contributed by atoms with Gasteiger partial charge in [-0.05, 0) is 50.0 Å². The van der Waals surface area contributed by atoms with E-state index in [1.807, 2.05) is 6.08 Å². The van der Waals surface area contributed by atoms with Gasteiger partial charge in [0.2, 0.25) is 0 Å². The van der Waals surface area contributed by atoms with E-state index in [4.69, 9.17) is 0 Å². The van der Waals surface area contributed by atoms with Crippen LogP contribution in [-0.4, -0.2) is 0 Å². The van der Waals surface area contributed by atoms with Gasteiger partial charge in [-0.3, -0.25) is 0 Å². The maximum Gasteiger partial charge on any atom is 0.00282 e. The summed E-state index contributed by atoms with van der Waals surface area (Å²) >= 11 is 0. The number of hydrogen-bond donors (Lipinski definition) is 0. The molecule has 1 aliphatic carbocycles. The molecule has 0 aliphatic heterocycles. The van der Waals surface area contributed by atoms with E-state index in [-0.39, 0.29) is 0 Å². The molecule has 0 bridgehead atoms. The van der Waals surface area contributed by atoms with Crippen LogP contribution >= 0.6 is 0 Å². The zero-order valence-electron chi connectivity index (χ0n) is 11.1. The second kappa shape index (κ2) is 5.16. The lowest BCUT2D eigenvalue weighted by Crippen LogP contribution is -1.98. The lowest BCUT2D eigenvalue weighted by Gasteiger charge is -2.12. The van der Waals surface area contributed by atoms with Crippen LogP contribution in [0.3, 0.4) is 0 Å². The summed E-state index contributed by atoms with van der Waals surface area (Å²) in [5.41, 5.74) is 7.27. The summed E-state index contributed by atoms with van der Waals surface area (Å²) in [6, 6.07) is 0. The fraction of sp³-hybridized carbons (Fsp3) is 0.375. The van der Waals surface area contributed by atoms with Gasteiger partial charge < -0.3 is 0 Å². The van der Waals surface area contributed by atoms with Crippen LogP contribution in [0.5, 0.6) is 0 Å². The van der Waals surface area contributed by atoms with Crippen LogP contribution in [0, 0.1) is 5.92 Å². The average molecular weight is 214 g/mol. The zero-order chi connectivity index (χ0) is 12.3. The van der Waals surface area contributed by atoms with Crippen LogP contribution in [0.2, 0.25) is 0 Å². The van der Waals surface area contributed by atoms with Crippen molar-refractivity contribution in [2.24, 2.45) is 5.92 Å². The first-order valence-electron chi connectivity index (χ1n) is 5.85. The molecule has 0 aromatic carbocycles. The minimum absolute atomic E-state index is 0.563. The SMILES string of the molecule is C=C/C=C\C=C(/C)C1=C(C)C(C)=C(C)C1C. The molecule has 1 unspecified atom stereocenters. The zero-order valence-corrected chi connectivity index (χ0v) is 11.1. The summed E-state index contributed by atoms with van der Waals surface area (Å²) in [5, 5.41) is 0. The molecular formula is C16H22. The van der Waals surface area contributed by atoms with E-state index < -0.39 is 0 Å². The minimum Gasteiger partial charge on any atom is -0.0991 e. The van der Waals surface area contributed by atoms with E-state index in [0.717, 1.165) is 0 Å². The van der Waals surface area contributed by atoms with Gasteiger partial charge in [0.1, 0.15) is 0 Å². The van der Waals surface area contributed by atoms with E-state index >= 15 is 0 Å². The van der Waals surface area contributed by atoms with Gasteiger partial charge in [-0.1, -0.05) is 43.4 Å². The smallest absolute Gasteiger partial charge is 0.00282 e. The van der Waals surface area contributed by atoms with E-state index in [1.54, 1.807) is 6.08 Å². The molecule has 0 fully saturated rings. The second-order valence-corrected chi connectivity index (χ2v) is 4.54. The summed E-state index contributed by atoms with van der Waals surface area (Å²) in [6.45, 7) is 14.8. The Morgan fingerprint density at radius 1 is 1.12 bits per heavy atom. The predicted molar refractivity (Wildman–Crippen MR) is 73.3 cm³/mol. The Morgan fingerprint density at radius 2 is 1.75 bits per heavy atom. The molecule has 0 saturated heterocycles. The van der Waals surface area contributed by atoms with Crippen molar-refractivity contribution in [2.75, 3.05) is 0 Å². The molecule has 0 N–H and O–H groups in total. The van der Waals surface area contributed by atoms with Gasteiger partial charge in [-0.25, -0.2) is 0 Å². The monoisotopic (exact) mass is 214 g/mol. The molecule has 0 aromatic heterocycles.